The molecule has 1 amide bonds. The second-order valence-electron chi connectivity index (χ2n) is 5.72. The Kier molecular flexibility index (Phi) is 3.54. The van der Waals surface area contributed by atoms with Gasteiger partial charge in [-0.25, -0.2) is 14.6 Å². The first-order valence-corrected chi connectivity index (χ1v) is 7.89. The van der Waals surface area contributed by atoms with Crippen molar-refractivity contribution in [2.45, 2.75) is 20.0 Å². The highest BCUT2D eigenvalue weighted by Gasteiger charge is 2.29. The molecule has 0 atom stereocenters. The maximum absolute atomic E-state index is 12.5. The Balaban J connectivity index is 1.58. The van der Waals surface area contributed by atoms with Crippen LogP contribution in [0.2, 0.25) is 5.15 Å². The maximum Gasteiger partial charge on any atom is 0.254 e. The maximum atomic E-state index is 12.5. The van der Waals surface area contributed by atoms with Crippen LogP contribution in [-0.4, -0.2) is 30.6 Å². The highest BCUT2D eigenvalue weighted by Crippen LogP contribution is 2.28. The molecule has 0 radical (unpaired) electrons. The van der Waals surface area contributed by atoms with Crippen LogP contribution in [-0.2, 0) is 13.1 Å². The van der Waals surface area contributed by atoms with Gasteiger partial charge >= 0.3 is 0 Å². The summed E-state index contributed by atoms with van der Waals surface area (Å²) in [5.74, 6) is 0.759. The molecular formula is C17H14ClN5O. The molecule has 0 saturated heterocycles. The fraction of sp³-hybridized carbons (Fsp3) is 0.176. The molecular weight excluding hydrogens is 326 g/mol. The molecule has 0 bridgehead atoms. The van der Waals surface area contributed by atoms with Crippen LogP contribution in [0, 0.1) is 6.92 Å². The lowest BCUT2D eigenvalue weighted by atomic mass is 10.2. The van der Waals surface area contributed by atoms with Gasteiger partial charge in [0.25, 0.3) is 5.91 Å². The second-order valence-corrected chi connectivity index (χ2v) is 6.08. The summed E-state index contributed by atoms with van der Waals surface area (Å²) in [5, 5.41) is 4.59. The van der Waals surface area contributed by atoms with E-state index in [0.29, 0.717) is 23.8 Å². The standard InChI is InChI=1S/C17H14ClN5O/c1-11-7-12(8-20-16(11)23-6-2-4-21-23)9-22-10-14-13(17(22)24)3-5-19-15(14)18/h2-8H,9-10H2,1H3. The third kappa shape index (κ3) is 2.45. The number of nitrogens with zero attached hydrogens (tertiary/aromatic N) is 5. The van der Waals surface area contributed by atoms with E-state index < -0.39 is 0 Å². The van der Waals surface area contributed by atoms with E-state index in [0.717, 1.165) is 22.5 Å². The predicted octanol–water partition coefficient (Wildman–Crippen LogP) is 2.78. The first-order valence-electron chi connectivity index (χ1n) is 7.51. The summed E-state index contributed by atoms with van der Waals surface area (Å²) in [4.78, 5) is 22.8. The number of aryl methyl sites for hydroxylation is 1. The molecule has 1 aliphatic rings. The molecule has 0 saturated carbocycles. The zero-order chi connectivity index (χ0) is 16.7. The summed E-state index contributed by atoms with van der Waals surface area (Å²) in [7, 11) is 0. The molecule has 0 spiro atoms. The lowest BCUT2D eigenvalue weighted by Crippen LogP contribution is -2.23. The molecule has 4 rings (SSSR count). The Bertz CT molecular complexity index is 923. The van der Waals surface area contributed by atoms with Crippen LogP contribution in [0.15, 0.2) is 43.0 Å². The average Bonchev–Trinajstić information content (AvgIpc) is 3.19. The van der Waals surface area contributed by atoms with Crippen LogP contribution >= 0.6 is 11.6 Å². The van der Waals surface area contributed by atoms with Gasteiger partial charge in [-0.05, 0) is 36.2 Å². The number of pyridine rings is 2. The van der Waals surface area contributed by atoms with E-state index in [9.17, 15) is 4.79 Å². The topological polar surface area (TPSA) is 63.9 Å². The van der Waals surface area contributed by atoms with Gasteiger partial charge in [-0.1, -0.05) is 11.6 Å². The van der Waals surface area contributed by atoms with Gasteiger partial charge in [0.2, 0.25) is 0 Å². The number of carbonyl (C=O) groups excluding carboxylic acids is 1. The summed E-state index contributed by atoms with van der Waals surface area (Å²) in [6.07, 6.45) is 6.91. The lowest BCUT2D eigenvalue weighted by molar-refractivity contribution is 0.0766. The van der Waals surface area contributed by atoms with Crippen molar-refractivity contribution < 1.29 is 4.79 Å². The van der Waals surface area contributed by atoms with Crippen molar-refractivity contribution in [3.63, 3.8) is 0 Å². The van der Waals surface area contributed by atoms with Crippen LogP contribution in [0.1, 0.15) is 27.0 Å². The van der Waals surface area contributed by atoms with Crippen LogP contribution in [0.5, 0.6) is 0 Å². The van der Waals surface area contributed by atoms with E-state index in [1.54, 1.807) is 34.2 Å². The van der Waals surface area contributed by atoms with Crippen molar-refractivity contribution in [3.8, 4) is 5.82 Å². The molecule has 0 unspecified atom stereocenters. The largest absolute Gasteiger partial charge is 0.330 e. The molecule has 120 valence electrons. The minimum Gasteiger partial charge on any atom is -0.330 e. The van der Waals surface area contributed by atoms with Crippen LogP contribution in [0.25, 0.3) is 5.82 Å². The molecule has 0 aromatic carbocycles. The molecule has 3 aromatic heterocycles. The molecule has 7 heteroatoms. The van der Waals surface area contributed by atoms with Gasteiger partial charge < -0.3 is 4.90 Å². The third-order valence-corrected chi connectivity index (χ3v) is 4.40. The monoisotopic (exact) mass is 339 g/mol. The number of fused-ring (bicyclic) bond motifs is 1. The Labute approximate surface area is 143 Å². The van der Waals surface area contributed by atoms with Crippen molar-refractivity contribution in [1.82, 2.24) is 24.6 Å². The van der Waals surface area contributed by atoms with E-state index in [4.69, 9.17) is 11.6 Å². The van der Waals surface area contributed by atoms with Crippen LogP contribution < -0.4 is 0 Å². The van der Waals surface area contributed by atoms with Gasteiger partial charge in [-0.3, -0.25) is 4.79 Å². The normalized spacial score (nSPS) is 13.4. The minimum atomic E-state index is -0.0249. The van der Waals surface area contributed by atoms with E-state index in [2.05, 4.69) is 15.1 Å². The predicted molar refractivity (Wildman–Crippen MR) is 88.9 cm³/mol. The first kappa shape index (κ1) is 14.8. The smallest absolute Gasteiger partial charge is 0.254 e. The lowest BCUT2D eigenvalue weighted by Gasteiger charge is -2.16. The van der Waals surface area contributed by atoms with Crippen molar-refractivity contribution in [2.75, 3.05) is 0 Å². The quantitative estimate of drug-likeness (QED) is 0.688. The summed E-state index contributed by atoms with van der Waals surface area (Å²) < 4.78 is 1.72. The van der Waals surface area contributed by atoms with Crippen LogP contribution in [0.4, 0.5) is 0 Å². The number of hydrogen-bond acceptors (Lipinski definition) is 4. The second kappa shape index (κ2) is 5.72. The van der Waals surface area contributed by atoms with E-state index in [-0.39, 0.29) is 5.91 Å². The molecule has 0 N–H and O–H groups in total. The zero-order valence-corrected chi connectivity index (χ0v) is 13.7. The van der Waals surface area contributed by atoms with Gasteiger partial charge in [0.05, 0.1) is 6.54 Å². The molecule has 4 heterocycles. The molecule has 3 aromatic rings. The molecule has 24 heavy (non-hydrogen) atoms. The number of carbonyl (C=O) groups is 1. The third-order valence-electron chi connectivity index (χ3n) is 4.07. The van der Waals surface area contributed by atoms with E-state index in [1.807, 2.05) is 25.3 Å². The Hall–Kier alpha value is -2.73. The Morgan fingerprint density at radius 2 is 2.17 bits per heavy atom. The number of halogens is 1. The minimum absolute atomic E-state index is 0.0249. The highest BCUT2D eigenvalue weighted by molar-refractivity contribution is 6.30. The molecule has 6 nitrogen and oxygen atoms in total. The van der Waals surface area contributed by atoms with Crippen molar-refractivity contribution >= 4 is 17.5 Å². The van der Waals surface area contributed by atoms with Gasteiger partial charge in [-0.15, -0.1) is 0 Å². The van der Waals surface area contributed by atoms with Gasteiger partial charge in [0.15, 0.2) is 5.82 Å². The van der Waals surface area contributed by atoms with Crippen molar-refractivity contribution in [1.29, 1.82) is 0 Å². The van der Waals surface area contributed by atoms with Crippen LogP contribution in [0.3, 0.4) is 0 Å². The molecule has 1 aliphatic heterocycles. The molecule has 0 fully saturated rings. The summed E-state index contributed by atoms with van der Waals surface area (Å²) in [5.41, 5.74) is 3.39. The zero-order valence-electron chi connectivity index (χ0n) is 13.0. The summed E-state index contributed by atoms with van der Waals surface area (Å²) >= 11 is 6.09. The fourth-order valence-corrected chi connectivity index (χ4v) is 3.16. The van der Waals surface area contributed by atoms with E-state index >= 15 is 0 Å². The van der Waals surface area contributed by atoms with E-state index in [1.165, 1.54) is 0 Å². The Morgan fingerprint density at radius 1 is 1.29 bits per heavy atom. The van der Waals surface area contributed by atoms with Crippen molar-refractivity contribution in [3.05, 3.63) is 70.4 Å². The first-order chi connectivity index (χ1) is 11.6. The van der Waals surface area contributed by atoms with Crippen molar-refractivity contribution in [2.24, 2.45) is 0 Å². The SMILES string of the molecule is Cc1cc(CN2Cc3c(ccnc3Cl)C2=O)cnc1-n1cccn1. The van der Waals surface area contributed by atoms with Gasteiger partial charge in [0, 0.05) is 42.5 Å². The number of rotatable bonds is 3. The highest BCUT2D eigenvalue weighted by atomic mass is 35.5. The average molecular weight is 340 g/mol. The summed E-state index contributed by atoms with van der Waals surface area (Å²) in [6.45, 7) is 2.94. The summed E-state index contributed by atoms with van der Waals surface area (Å²) in [6, 6.07) is 5.60. The number of hydrogen-bond donors (Lipinski definition) is 0. The van der Waals surface area contributed by atoms with Gasteiger partial charge in [0.1, 0.15) is 5.15 Å². The number of aromatic nitrogens is 4. The number of amides is 1. The molecule has 0 aliphatic carbocycles. The van der Waals surface area contributed by atoms with Gasteiger partial charge in [-0.2, -0.15) is 5.10 Å². The fourth-order valence-electron chi connectivity index (χ4n) is 2.94. The Morgan fingerprint density at radius 3 is 2.88 bits per heavy atom.